The lowest BCUT2D eigenvalue weighted by Crippen LogP contribution is -2.41. The number of nitrogens with zero attached hydrogens (tertiary/aromatic N) is 2. The molecule has 1 aromatic carbocycles. The Balaban J connectivity index is 2.06. The average Bonchev–Trinajstić information content (AvgIpc) is 2.36. The summed E-state index contributed by atoms with van der Waals surface area (Å²) in [6, 6.07) is 11.9. The third kappa shape index (κ3) is 1.80. The number of aromatic nitrogens is 1. The molecule has 0 spiro atoms. The van der Waals surface area contributed by atoms with Crippen LogP contribution in [0, 0.1) is 11.3 Å². The second kappa shape index (κ2) is 3.99. The van der Waals surface area contributed by atoms with Crippen LogP contribution in [0.5, 0.6) is 0 Å². The van der Waals surface area contributed by atoms with Gasteiger partial charge in [0.25, 0.3) is 0 Å². The molecule has 1 aliphatic carbocycles. The Morgan fingerprint density at radius 3 is 2.78 bits per heavy atom. The molecule has 3 nitrogen and oxygen atoms in total. The molecular formula is C15H15N3. The molecule has 3 heteroatoms. The van der Waals surface area contributed by atoms with Gasteiger partial charge in [-0.3, -0.25) is 0 Å². The van der Waals surface area contributed by atoms with Gasteiger partial charge in [0.1, 0.15) is 5.82 Å². The SMILES string of the molecule is CC1(Nc2cc(C#N)c3ccccc3n2)CCC1. The van der Waals surface area contributed by atoms with Gasteiger partial charge < -0.3 is 5.32 Å². The zero-order valence-electron chi connectivity index (χ0n) is 10.4. The summed E-state index contributed by atoms with van der Waals surface area (Å²) in [5.74, 6) is 0.812. The number of anilines is 1. The quantitative estimate of drug-likeness (QED) is 0.870. The highest BCUT2D eigenvalue weighted by Gasteiger charge is 2.31. The zero-order chi connectivity index (χ0) is 12.6. The lowest BCUT2D eigenvalue weighted by atomic mass is 9.78. The van der Waals surface area contributed by atoms with E-state index in [1.165, 1.54) is 19.3 Å². The van der Waals surface area contributed by atoms with E-state index >= 15 is 0 Å². The van der Waals surface area contributed by atoms with Gasteiger partial charge in [-0.05, 0) is 38.3 Å². The second-order valence-corrected chi connectivity index (χ2v) is 5.22. The highest BCUT2D eigenvalue weighted by molar-refractivity contribution is 5.86. The molecule has 2 aromatic rings. The van der Waals surface area contributed by atoms with Crippen LogP contribution in [-0.4, -0.2) is 10.5 Å². The first-order valence-electron chi connectivity index (χ1n) is 6.28. The molecule has 0 saturated heterocycles. The van der Waals surface area contributed by atoms with Crippen molar-refractivity contribution in [3.8, 4) is 6.07 Å². The van der Waals surface area contributed by atoms with E-state index in [2.05, 4.69) is 23.3 Å². The first-order valence-corrected chi connectivity index (χ1v) is 6.28. The lowest BCUT2D eigenvalue weighted by molar-refractivity contribution is 0.306. The van der Waals surface area contributed by atoms with Crippen LogP contribution in [0.25, 0.3) is 10.9 Å². The maximum Gasteiger partial charge on any atom is 0.128 e. The van der Waals surface area contributed by atoms with E-state index in [1.54, 1.807) is 0 Å². The summed E-state index contributed by atoms with van der Waals surface area (Å²) in [6.07, 6.45) is 3.61. The van der Waals surface area contributed by atoms with Crippen molar-refractivity contribution in [1.29, 1.82) is 5.26 Å². The van der Waals surface area contributed by atoms with Crippen molar-refractivity contribution in [2.24, 2.45) is 0 Å². The minimum Gasteiger partial charge on any atom is -0.365 e. The molecule has 1 N–H and O–H groups in total. The van der Waals surface area contributed by atoms with Gasteiger partial charge in [0.2, 0.25) is 0 Å². The molecule has 1 saturated carbocycles. The number of nitrogens with one attached hydrogen (secondary N) is 1. The molecule has 1 aliphatic rings. The fraction of sp³-hybridized carbons (Fsp3) is 0.333. The topological polar surface area (TPSA) is 48.7 Å². The van der Waals surface area contributed by atoms with Gasteiger partial charge in [-0.25, -0.2) is 4.98 Å². The van der Waals surface area contributed by atoms with E-state index in [4.69, 9.17) is 0 Å². The van der Waals surface area contributed by atoms with Gasteiger partial charge in [0, 0.05) is 10.9 Å². The summed E-state index contributed by atoms with van der Waals surface area (Å²) in [7, 11) is 0. The van der Waals surface area contributed by atoms with Crippen molar-refractivity contribution in [3.63, 3.8) is 0 Å². The number of rotatable bonds is 2. The summed E-state index contributed by atoms with van der Waals surface area (Å²) >= 11 is 0. The third-order valence-corrected chi connectivity index (χ3v) is 3.72. The summed E-state index contributed by atoms with van der Waals surface area (Å²) in [4.78, 5) is 4.59. The van der Waals surface area contributed by atoms with Gasteiger partial charge in [-0.1, -0.05) is 18.2 Å². The summed E-state index contributed by atoms with van der Waals surface area (Å²) in [5.41, 5.74) is 1.72. The smallest absolute Gasteiger partial charge is 0.128 e. The summed E-state index contributed by atoms with van der Waals surface area (Å²) in [6.45, 7) is 2.21. The Hall–Kier alpha value is -2.08. The van der Waals surface area contributed by atoms with E-state index in [9.17, 15) is 5.26 Å². The molecule has 1 heterocycles. The van der Waals surface area contributed by atoms with Gasteiger partial charge in [-0.15, -0.1) is 0 Å². The van der Waals surface area contributed by atoms with Gasteiger partial charge in [-0.2, -0.15) is 5.26 Å². The first-order chi connectivity index (χ1) is 8.70. The van der Waals surface area contributed by atoms with Crippen molar-refractivity contribution < 1.29 is 0 Å². The van der Waals surface area contributed by atoms with Crippen LogP contribution < -0.4 is 5.32 Å². The number of pyridine rings is 1. The fourth-order valence-electron chi connectivity index (χ4n) is 2.47. The standard InChI is InChI=1S/C15H15N3/c1-15(7-4-8-15)18-14-9-11(10-16)12-5-2-3-6-13(12)17-14/h2-3,5-6,9H,4,7-8H2,1H3,(H,17,18). The Morgan fingerprint density at radius 2 is 2.11 bits per heavy atom. The van der Waals surface area contributed by atoms with Crippen LogP contribution in [-0.2, 0) is 0 Å². The maximum atomic E-state index is 9.22. The predicted octanol–water partition coefficient (Wildman–Crippen LogP) is 3.46. The van der Waals surface area contributed by atoms with Gasteiger partial charge in [0.05, 0.1) is 17.1 Å². The number of fused-ring (bicyclic) bond motifs is 1. The van der Waals surface area contributed by atoms with Crippen molar-refractivity contribution in [1.82, 2.24) is 4.98 Å². The molecule has 18 heavy (non-hydrogen) atoms. The zero-order valence-corrected chi connectivity index (χ0v) is 10.4. The average molecular weight is 237 g/mol. The third-order valence-electron chi connectivity index (χ3n) is 3.72. The molecule has 0 atom stereocenters. The van der Waals surface area contributed by atoms with Crippen LogP contribution in [0.1, 0.15) is 31.7 Å². The molecule has 90 valence electrons. The molecule has 1 fully saturated rings. The monoisotopic (exact) mass is 237 g/mol. The molecule has 0 radical (unpaired) electrons. The van der Waals surface area contributed by atoms with Crippen molar-refractivity contribution >= 4 is 16.7 Å². The van der Waals surface area contributed by atoms with E-state index in [0.29, 0.717) is 5.56 Å². The van der Waals surface area contributed by atoms with E-state index in [0.717, 1.165) is 16.7 Å². The number of hydrogen-bond acceptors (Lipinski definition) is 3. The van der Waals surface area contributed by atoms with Crippen molar-refractivity contribution in [3.05, 3.63) is 35.9 Å². The second-order valence-electron chi connectivity index (χ2n) is 5.22. The number of para-hydroxylation sites is 1. The minimum absolute atomic E-state index is 0.155. The van der Waals surface area contributed by atoms with Crippen LogP contribution in [0.15, 0.2) is 30.3 Å². The molecule has 3 rings (SSSR count). The van der Waals surface area contributed by atoms with Crippen LogP contribution in [0.3, 0.4) is 0 Å². The largest absolute Gasteiger partial charge is 0.365 e. The first kappa shape index (κ1) is 11.0. The van der Waals surface area contributed by atoms with Crippen LogP contribution in [0.4, 0.5) is 5.82 Å². The van der Waals surface area contributed by atoms with E-state index < -0.39 is 0 Å². The molecule has 0 amide bonds. The normalized spacial score (nSPS) is 16.9. The van der Waals surface area contributed by atoms with Gasteiger partial charge >= 0.3 is 0 Å². The maximum absolute atomic E-state index is 9.22. The highest BCUT2D eigenvalue weighted by atomic mass is 15.1. The minimum atomic E-state index is 0.155. The van der Waals surface area contributed by atoms with Crippen LogP contribution in [0.2, 0.25) is 0 Å². The van der Waals surface area contributed by atoms with Crippen LogP contribution >= 0.6 is 0 Å². The Labute approximate surface area is 106 Å². The van der Waals surface area contributed by atoms with E-state index in [-0.39, 0.29) is 5.54 Å². The molecule has 1 aromatic heterocycles. The highest BCUT2D eigenvalue weighted by Crippen LogP contribution is 2.34. The van der Waals surface area contributed by atoms with Gasteiger partial charge in [0.15, 0.2) is 0 Å². The Kier molecular flexibility index (Phi) is 2.45. The Morgan fingerprint density at radius 1 is 1.33 bits per heavy atom. The summed E-state index contributed by atoms with van der Waals surface area (Å²) in [5, 5.41) is 13.6. The molecular weight excluding hydrogens is 222 g/mol. The molecule has 0 bridgehead atoms. The number of hydrogen-bond donors (Lipinski definition) is 1. The van der Waals surface area contributed by atoms with E-state index in [1.807, 2.05) is 30.3 Å². The predicted molar refractivity (Wildman–Crippen MR) is 72.3 cm³/mol. The number of benzene rings is 1. The lowest BCUT2D eigenvalue weighted by Gasteiger charge is -2.39. The molecule has 0 aliphatic heterocycles. The Bertz CT molecular complexity index is 636. The molecule has 0 unspecified atom stereocenters. The fourth-order valence-corrected chi connectivity index (χ4v) is 2.47. The number of nitriles is 1. The van der Waals surface area contributed by atoms with Crippen molar-refractivity contribution in [2.45, 2.75) is 31.7 Å². The summed E-state index contributed by atoms with van der Waals surface area (Å²) < 4.78 is 0. The van der Waals surface area contributed by atoms with Crippen molar-refractivity contribution in [2.75, 3.05) is 5.32 Å².